The lowest BCUT2D eigenvalue weighted by Crippen LogP contribution is -2.36. The van der Waals surface area contributed by atoms with Crippen LogP contribution in [0.15, 0.2) is 30.5 Å². The monoisotopic (exact) mass is 267 g/mol. The van der Waals surface area contributed by atoms with Crippen LogP contribution >= 0.6 is 0 Å². The molecule has 2 aromatic rings. The molecule has 100 valence electrons. The highest BCUT2D eigenvalue weighted by Gasteiger charge is 2.33. The van der Waals surface area contributed by atoms with Crippen LogP contribution in [0.4, 0.5) is 5.69 Å². The first kappa shape index (κ1) is 12.4. The average molecular weight is 267 g/mol. The number of carboxylic acids is 1. The molecule has 0 saturated carbocycles. The van der Waals surface area contributed by atoms with E-state index in [0.29, 0.717) is 24.2 Å². The Morgan fingerprint density at radius 1 is 1.45 bits per heavy atom. The summed E-state index contributed by atoms with van der Waals surface area (Å²) in [6.07, 6.45) is 2.95. The fourth-order valence-corrected chi connectivity index (χ4v) is 2.81. The van der Waals surface area contributed by atoms with Crippen molar-refractivity contribution in [2.24, 2.45) is 0 Å². The van der Waals surface area contributed by atoms with E-state index in [2.05, 4.69) is 11.1 Å². The van der Waals surface area contributed by atoms with Crippen molar-refractivity contribution in [2.75, 3.05) is 11.4 Å². The van der Waals surface area contributed by atoms with Gasteiger partial charge in [-0.1, -0.05) is 18.2 Å². The lowest BCUT2D eigenvalue weighted by atomic mass is 10.1. The summed E-state index contributed by atoms with van der Waals surface area (Å²) in [5.74, 6) is -0.840. The summed E-state index contributed by atoms with van der Waals surface area (Å²) in [4.78, 5) is 17.5. The number of carboxylic acid groups (broad SMARTS) is 1. The lowest BCUT2D eigenvalue weighted by Gasteiger charge is -2.25. The van der Waals surface area contributed by atoms with Crippen LogP contribution in [0.2, 0.25) is 0 Å². The Morgan fingerprint density at radius 3 is 3.00 bits per heavy atom. The van der Waals surface area contributed by atoms with Gasteiger partial charge >= 0.3 is 5.97 Å². The van der Waals surface area contributed by atoms with Gasteiger partial charge in [0, 0.05) is 18.1 Å². The van der Waals surface area contributed by atoms with E-state index in [4.69, 9.17) is 0 Å². The van der Waals surface area contributed by atoms with Crippen LogP contribution in [-0.2, 0) is 4.79 Å². The van der Waals surface area contributed by atoms with Gasteiger partial charge in [0.2, 0.25) is 0 Å². The summed E-state index contributed by atoms with van der Waals surface area (Å²) in [6.45, 7) is 0.652. The van der Waals surface area contributed by atoms with E-state index in [1.165, 1.54) is 6.20 Å². The van der Waals surface area contributed by atoms with E-state index in [1.54, 1.807) is 0 Å². The Bertz CT molecular complexity index is 721. The fraction of sp³-hybridized carbons (Fsp3) is 0.267. The van der Waals surface area contributed by atoms with Crippen molar-refractivity contribution in [1.82, 2.24) is 4.98 Å². The average Bonchev–Trinajstić information content (AvgIpc) is 2.95. The third-order valence-electron chi connectivity index (χ3n) is 3.69. The van der Waals surface area contributed by atoms with Crippen molar-refractivity contribution >= 4 is 22.6 Å². The van der Waals surface area contributed by atoms with Crippen LogP contribution in [0.5, 0.6) is 0 Å². The number of nitriles is 1. The largest absolute Gasteiger partial charge is 0.480 e. The predicted octanol–water partition coefficient (Wildman–Crippen LogP) is 2.16. The summed E-state index contributed by atoms with van der Waals surface area (Å²) >= 11 is 0. The molecule has 1 aliphatic heterocycles. The number of carbonyl (C=O) groups is 1. The van der Waals surface area contributed by atoms with Crippen molar-refractivity contribution in [3.8, 4) is 6.07 Å². The molecule has 1 atom stereocenters. The summed E-state index contributed by atoms with van der Waals surface area (Å²) in [6, 6.07) is 9.07. The number of aliphatic carboxylic acids is 1. The normalized spacial score (nSPS) is 18.1. The number of para-hydroxylation sites is 1. The summed E-state index contributed by atoms with van der Waals surface area (Å²) in [5, 5.41) is 19.5. The number of hydrogen-bond donors (Lipinski definition) is 1. The first-order chi connectivity index (χ1) is 9.72. The molecule has 1 unspecified atom stereocenters. The molecular formula is C15H13N3O2. The molecule has 5 heteroatoms. The summed E-state index contributed by atoms with van der Waals surface area (Å²) < 4.78 is 0. The van der Waals surface area contributed by atoms with E-state index < -0.39 is 12.0 Å². The second-order valence-electron chi connectivity index (χ2n) is 4.84. The maximum Gasteiger partial charge on any atom is 0.326 e. The number of nitrogens with zero attached hydrogens (tertiary/aromatic N) is 3. The molecular weight excluding hydrogens is 254 g/mol. The quantitative estimate of drug-likeness (QED) is 0.902. The van der Waals surface area contributed by atoms with Gasteiger partial charge in [0.1, 0.15) is 12.1 Å². The standard InChI is InChI=1S/C15H13N3O2/c16-8-10-9-17-12-5-2-1-4-11(12)14(10)18-7-3-6-13(18)15(19)20/h1-2,4-5,9,13H,3,6-7H2,(H,19,20). The highest BCUT2D eigenvalue weighted by Crippen LogP contribution is 2.34. The first-order valence-corrected chi connectivity index (χ1v) is 6.49. The SMILES string of the molecule is N#Cc1cnc2ccccc2c1N1CCCC1C(=O)O. The molecule has 1 fully saturated rings. The molecule has 1 aromatic heterocycles. The Hall–Kier alpha value is -2.61. The Balaban J connectivity index is 2.24. The molecule has 2 heterocycles. The van der Waals surface area contributed by atoms with Gasteiger partial charge in [0.25, 0.3) is 0 Å². The van der Waals surface area contributed by atoms with Gasteiger partial charge in [-0.25, -0.2) is 4.79 Å². The molecule has 1 aromatic carbocycles. The Labute approximate surface area is 116 Å². The number of pyridine rings is 1. The minimum Gasteiger partial charge on any atom is -0.480 e. The van der Waals surface area contributed by atoms with E-state index >= 15 is 0 Å². The third kappa shape index (κ3) is 1.86. The Morgan fingerprint density at radius 2 is 2.25 bits per heavy atom. The lowest BCUT2D eigenvalue weighted by molar-refractivity contribution is -0.138. The van der Waals surface area contributed by atoms with E-state index in [-0.39, 0.29) is 0 Å². The van der Waals surface area contributed by atoms with Crippen LogP contribution in [0.25, 0.3) is 10.9 Å². The second-order valence-corrected chi connectivity index (χ2v) is 4.84. The van der Waals surface area contributed by atoms with Gasteiger partial charge < -0.3 is 10.0 Å². The van der Waals surface area contributed by atoms with Gasteiger partial charge in [-0.3, -0.25) is 4.98 Å². The van der Waals surface area contributed by atoms with Crippen molar-refractivity contribution in [3.63, 3.8) is 0 Å². The highest BCUT2D eigenvalue weighted by atomic mass is 16.4. The zero-order chi connectivity index (χ0) is 14.1. The van der Waals surface area contributed by atoms with E-state index in [9.17, 15) is 15.2 Å². The number of aromatic nitrogens is 1. The Kier molecular flexibility index (Phi) is 2.99. The number of rotatable bonds is 2. The number of hydrogen-bond acceptors (Lipinski definition) is 4. The van der Waals surface area contributed by atoms with Gasteiger partial charge in [-0.2, -0.15) is 5.26 Å². The molecule has 1 N–H and O–H groups in total. The van der Waals surface area contributed by atoms with Crippen LogP contribution in [0, 0.1) is 11.3 Å². The number of fused-ring (bicyclic) bond motifs is 1. The van der Waals surface area contributed by atoms with E-state index in [0.717, 1.165) is 17.3 Å². The smallest absolute Gasteiger partial charge is 0.326 e. The van der Waals surface area contributed by atoms with Crippen molar-refractivity contribution in [3.05, 3.63) is 36.0 Å². The maximum atomic E-state index is 11.4. The summed E-state index contributed by atoms with van der Waals surface area (Å²) in [7, 11) is 0. The topological polar surface area (TPSA) is 77.2 Å². The molecule has 0 spiro atoms. The third-order valence-corrected chi connectivity index (χ3v) is 3.69. The molecule has 0 amide bonds. The molecule has 3 rings (SSSR count). The van der Waals surface area contributed by atoms with Crippen LogP contribution < -0.4 is 4.90 Å². The number of benzene rings is 1. The zero-order valence-corrected chi connectivity index (χ0v) is 10.8. The fourth-order valence-electron chi connectivity index (χ4n) is 2.81. The van der Waals surface area contributed by atoms with Crippen LogP contribution in [-0.4, -0.2) is 28.6 Å². The van der Waals surface area contributed by atoms with Gasteiger partial charge in [0.15, 0.2) is 0 Å². The van der Waals surface area contributed by atoms with Gasteiger partial charge in [-0.15, -0.1) is 0 Å². The summed E-state index contributed by atoms with van der Waals surface area (Å²) in [5.41, 5.74) is 1.90. The molecule has 0 aliphatic carbocycles. The molecule has 5 nitrogen and oxygen atoms in total. The number of anilines is 1. The first-order valence-electron chi connectivity index (χ1n) is 6.49. The highest BCUT2D eigenvalue weighted by molar-refractivity contribution is 5.96. The minimum absolute atomic E-state index is 0.428. The minimum atomic E-state index is -0.840. The predicted molar refractivity (Wildman–Crippen MR) is 74.5 cm³/mol. The molecule has 1 aliphatic rings. The van der Waals surface area contributed by atoms with Gasteiger partial charge in [0.05, 0.1) is 16.8 Å². The zero-order valence-electron chi connectivity index (χ0n) is 10.8. The second kappa shape index (κ2) is 4.82. The molecule has 0 bridgehead atoms. The van der Waals surface area contributed by atoms with E-state index in [1.807, 2.05) is 29.2 Å². The maximum absolute atomic E-state index is 11.4. The van der Waals surface area contributed by atoms with Crippen molar-refractivity contribution in [2.45, 2.75) is 18.9 Å². The van der Waals surface area contributed by atoms with Crippen molar-refractivity contribution in [1.29, 1.82) is 5.26 Å². The molecule has 1 saturated heterocycles. The van der Waals surface area contributed by atoms with Crippen LogP contribution in [0.3, 0.4) is 0 Å². The molecule has 0 radical (unpaired) electrons. The molecule has 20 heavy (non-hydrogen) atoms. The van der Waals surface area contributed by atoms with Crippen molar-refractivity contribution < 1.29 is 9.90 Å². The van der Waals surface area contributed by atoms with Crippen LogP contribution in [0.1, 0.15) is 18.4 Å². The van der Waals surface area contributed by atoms with Gasteiger partial charge in [-0.05, 0) is 18.9 Å².